The summed E-state index contributed by atoms with van der Waals surface area (Å²) >= 11 is 0. The molecule has 5 heteroatoms. The van der Waals surface area contributed by atoms with Gasteiger partial charge in [0.05, 0.1) is 5.56 Å². The number of aromatic hydroxyl groups is 1. The second kappa shape index (κ2) is 8.07. The van der Waals surface area contributed by atoms with E-state index in [0.717, 1.165) is 17.7 Å². The average molecular weight is 378 g/mol. The number of hydrogen-bond acceptors (Lipinski definition) is 4. The van der Waals surface area contributed by atoms with E-state index < -0.39 is 0 Å². The average Bonchev–Trinajstić information content (AvgIpc) is 3.37. The van der Waals surface area contributed by atoms with Gasteiger partial charge in [-0.2, -0.15) is 0 Å². The Hall–Kier alpha value is -2.79. The predicted octanol–water partition coefficient (Wildman–Crippen LogP) is 4.24. The number of carbonyl (C=O) groups excluding carboxylic acids is 1. The van der Waals surface area contributed by atoms with E-state index in [9.17, 15) is 9.90 Å². The van der Waals surface area contributed by atoms with E-state index in [-0.39, 0.29) is 11.7 Å². The van der Waals surface area contributed by atoms with Crippen LogP contribution in [0.3, 0.4) is 0 Å². The first kappa shape index (κ1) is 18.6. The fourth-order valence-corrected chi connectivity index (χ4v) is 4.17. The largest absolute Gasteiger partial charge is 0.508 e. The highest BCUT2D eigenvalue weighted by Gasteiger charge is 2.25. The molecule has 2 aromatic carbocycles. The van der Waals surface area contributed by atoms with Gasteiger partial charge in [0.15, 0.2) is 0 Å². The lowest BCUT2D eigenvalue weighted by Gasteiger charge is -2.13. The van der Waals surface area contributed by atoms with Crippen molar-refractivity contribution in [2.45, 2.75) is 38.1 Å². The van der Waals surface area contributed by atoms with Gasteiger partial charge in [-0.1, -0.05) is 43.2 Å². The van der Waals surface area contributed by atoms with Gasteiger partial charge in [0.25, 0.3) is 5.91 Å². The summed E-state index contributed by atoms with van der Waals surface area (Å²) in [6.07, 6.45) is 5.62. The maximum absolute atomic E-state index is 12.8. The highest BCUT2D eigenvalue weighted by atomic mass is 16.3. The fraction of sp³-hybridized carbons (Fsp3) is 0.348. The number of amides is 1. The molecule has 3 N–H and O–H groups in total. The summed E-state index contributed by atoms with van der Waals surface area (Å²) in [6.45, 7) is 0.760. The van der Waals surface area contributed by atoms with Crippen molar-refractivity contribution in [1.29, 1.82) is 0 Å². The number of fused-ring (bicyclic) bond motifs is 1. The zero-order valence-electron chi connectivity index (χ0n) is 16.1. The SMILES string of the molecule is CNC(=O)c1c(-c2ccccc2)oc2ccc(O)c(CCNC3CCCC3)c12. The normalized spacial score (nSPS) is 14.6. The second-order valence-electron chi connectivity index (χ2n) is 7.37. The number of phenols is 1. The van der Waals surface area contributed by atoms with E-state index in [4.69, 9.17) is 4.42 Å². The van der Waals surface area contributed by atoms with Crippen LogP contribution in [-0.4, -0.2) is 30.6 Å². The second-order valence-corrected chi connectivity index (χ2v) is 7.37. The van der Waals surface area contributed by atoms with Crippen molar-refractivity contribution in [3.8, 4) is 17.1 Å². The molecular formula is C23H26N2O3. The Bertz CT molecular complexity index is 972. The molecule has 0 spiro atoms. The molecule has 0 atom stereocenters. The molecule has 146 valence electrons. The van der Waals surface area contributed by atoms with Gasteiger partial charge in [-0.05, 0) is 37.9 Å². The number of carbonyl (C=O) groups is 1. The van der Waals surface area contributed by atoms with Crippen LogP contribution in [0.1, 0.15) is 41.6 Å². The standard InChI is InChI=1S/C23H26N2O3/c1-24-23(27)21-20-17(13-14-25-16-9-5-6-10-16)18(26)11-12-19(20)28-22(21)15-7-3-2-4-8-15/h2-4,7-8,11-12,16,25-26H,5-6,9-10,13-14H2,1H3,(H,24,27). The molecular weight excluding hydrogens is 352 g/mol. The third-order valence-corrected chi connectivity index (χ3v) is 5.59. The number of phenolic OH excluding ortho intramolecular Hbond substituents is 1. The summed E-state index contributed by atoms with van der Waals surface area (Å²) < 4.78 is 6.09. The summed E-state index contributed by atoms with van der Waals surface area (Å²) in [5.74, 6) is 0.519. The van der Waals surface area contributed by atoms with Crippen LogP contribution in [-0.2, 0) is 6.42 Å². The van der Waals surface area contributed by atoms with Crippen LogP contribution in [0.25, 0.3) is 22.3 Å². The molecule has 1 aliphatic rings. The molecule has 1 fully saturated rings. The summed E-state index contributed by atoms with van der Waals surface area (Å²) in [5.41, 5.74) is 2.70. The maximum atomic E-state index is 12.8. The van der Waals surface area contributed by atoms with Gasteiger partial charge in [-0.3, -0.25) is 4.79 Å². The molecule has 0 unspecified atom stereocenters. The van der Waals surface area contributed by atoms with Crippen molar-refractivity contribution in [2.75, 3.05) is 13.6 Å². The summed E-state index contributed by atoms with van der Waals surface area (Å²) in [7, 11) is 1.61. The van der Waals surface area contributed by atoms with Crippen LogP contribution in [0.15, 0.2) is 46.9 Å². The lowest BCUT2D eigenvalue weighted by molar-refractivity contribution is 0.0964. The Balaban J connectivity index is 1.77. The number of furan rings is 1. The predicted molar refractivity (Wildman–Crippen MR) is 111 cm³/mol. The zero-order chi connectivity index (χ0) is 19.5. The van der Waals surface area contributed by atoms with Crippen LogP contribution in [0, 0.1) is 0 Å². The number of benzene rings is 2. The zero-order valence-corrected chi connectivity index (χ0v) is 16.1. The monoisotopic (exact) mass is 378 g/mol. The summed E-state index contributed by atoms with van der Waals surface area (Å²) in [5, 5.41) is 17.6. The van der Waals surface area contributed by atoms with Crippen molar-refractivity contribution in [3.63, 3.8) is 0 Å². The van der Waals surface area contributed by atoms with Crippen LogP contribution in [0.5, 0.6) is 5.75 Å². The van der Waals surface area contributed by atoms with E-state index >= 15 is 0 Å². The molecule has 0 aliphatic heterocycles. The Kier molecular flexibility index (Phi) is 5.35. The molecule has 0 bridgehead atoms. The van der Waals surface area contributed by atoms with Gasteiger partial charge in [-0.25, -0.2) is 0 Å². The van der Waals surface area contributed by atoms with Crippen molar-refractivity contribution in [2.24, 2.45) is 0 Å². The number of hydrogen-bond donors (Lipinski definition) is 3. The van der Waals surface area contributed by atoms with Crippen molar-refractivity contribution >= 4 is 16.9 Å². The van der Waals surface area contributed by atoms with E-state index in [1.807, 2.05) is 30.3 Å². The van der Waals surface area contributed by atoms with Crippen LogP contribution in [0.4, 0.5) is 0 Å². The highest BCUT2D eigenvalue weighted by Crippen LogP contribution is 2.38. The molecule has 5 nitrogen and oxygen atoms in total. The Morgan fingerprint density at radius 2 is 1.89 bits per heavy atom. The van der Waals surface area contributed by atoms with Gasteiger partial charge in [0, 0.05) is 29.6 Å². The number of nitrogens with one attached hydrogen (secondary N) is 2. The number of rotatable bonds is 6. The van der Waals surface area contributed by atoms with Crippen molar-refractivity contribution in [1.82, 2.24) is 10.6 Å². The molecule has 1 amide bonds. The first-order chi connectivity index (χ1) is 13.7. The summed E-state index contributed by atoms with van der Waals surface area (Å²) in [4.78, 5) is 12.8. The first-order valence-electron chi connectivity index (χ1n) is 9.97. The maximum Gasteiger partial charge on any atom is 0.255 e. The van der Waals surface area contributed by atoms with E-state index in [1.54, 1.807) is 19.2 Å². The van der Waals surface area contributed by atoms with Crippen molar-refractivity contribution < 1.29 is 14.3 Å². The van der Waals surface area contributed by atoms with E-state index in [0.29, 0.717) is 34.8 Å². The minimum atomic E-state index is -0.215. The molecule has 0 saturated heterocycles. The minimum absolute atomic E-state index is 0.200. The molecule has 1 aliphatic carbocycles. The molecule has 4 rings (SSSR count). The Morgan fingerprint density at radius 3 is 2.61 bits per heavy atom. The van der Waals surface area contributed by atoms with E-state index in [2.05, 4.69) is 10.6 Å². The molecule has 1 saturated carbocycles. The lowest BCUT2D eigenvalue weighted by Crippen LogP contribution is -2.28. The minimum Gasteiger partial charge on any atom is -0.508 e. The van der Waals surface area contributed by atoms with Gasteiger partial charge in [-0.15, -0.1) is 0 Å². The van der Waals surface area contributed by atoms with Crippen LogP contribution in [0.2, 0.25) is 0 Å². The van der Waals surface area contributed by atoms with Gasteiger partial charge >= 0.3 is 0 Å². The fourth-order valence-electron chi connectivity index (χ4n) is 4.17. The smallest absolute Gasteiger partial charge is 0.255 e. The molecule has 1 aromatic heterocycles. The van der Waals surface area contributed by atoms with Gasteiger partial charge < -0.3 is 20.2 Å². The summed E-state index contributed by atoms with van der Waals surface area (Å²) in [6, 6.07) is 13.6. The third-order valence-electron chi connectivity index (χ3n) is 5.59. The van der Waals surface area contributed by atoms with Crippen molar-refractivity contribution in [3.05, 3.63) is 53.6 Å². The molecule has 3 aromatic rings. The molecule has 28 heavy (non-hydrogen) atoms. The Labute approximate surface area is 164 Å². The topological polar surface area (TPSA) is 74.5 Å². The van der Waals surface area contributed by atoms with Crippen LogP contribution < -0.4 is 10.6 Å². The molecule has 1 heterocycles. The Morgan fingerprint density at radius 1 is 1.14 bits per heavy atom. The lowest BCUT2D eigenvalue weighted by atomic mass is 9.98. The van der Waals surface area contributed by atoms with Gasteiger partial charge in [0.2, 0.25) is 0 Å². The first-order valence-corrected chi connectivity index (χ1v) is 9.97. The van der Waals surface area contributed by atoms with E-state index in [1.165, 1.54) is 25.7 Å². The van der Waals surface area contributed by atoms with Gasteiger partial charge in [0.1, 0.15) is 17.1 Å². The van der Waals surface area contributed by atoms with Crippen LogP contribution >= 0.6 is 0 Å². The third kappa shape index (κ3) is 3.50. The molecule has 0 radical (unpaired) electrons. The quantitative estimate of drug-likeness (QED) is 0.600. The highest BCUT2D eigenvalue weighted by molar-refractivity contribution is 6.12.